The molecule has 0 unspecified atom stereocenters. The Kier molecular flexibility index (Phi) is 6.43. The summed E-state index contributed by atoms with van der Waals surface area (Å²) in [6.45, 7) is 2.20. The van der Waals surface area contributed by atoms with Crippen molar-refractivity contribution in [3.63, 3.8) is 0 Å². The predicted octanol–water partition coefficient (Wildman–Crippen LogP) is 12.7. The smallest absolute Gasteiger partial charge is 0.0714 e. The van der Waals surface area contributed by atoms with Gasteiger partial charge in [-0.3, -0.25) is 4.98 Å². The molecule has 1 nitrogen and oxygen atoms in total. The van der Waals surface area contributed by atoms with Gasteiger partial charge in [0.2, 0.25) is 0 Å². The number of pyridine rings is 1. The van der Waals surface area contributed by atoms with E-state index in [-0.39, 0.29) is 0 Å². The summed E-state index contributed by atoms with van der Waals surface area (Å²) in [5, 5.41) is 10.1. The minimum absolute atomic E-state index is 0.986. The maximum Gasteiger partial charge on any atom is 0.0714 e. The van der Waals surface area contributed by atoms with Gasteiger partial charge >= 0.3 is 0 Å². The van der Waals surface area contributed by atoms with Gasteiger partial charge < -0.3 is 0 Å². The summed E-state index contributed by atoms with van der Waals surface area (Å²) in [6, 6.07) is 59.5. The summed E-state index contributed by atoms with van der Waals surface area (Å²) in [7, 11) is 0. The molecule has 0 saturated heterocycles. The van der Waals surface area contributed by atoms with Crippen molar-refractivity contribution in [2.75, 3.05) is 0 Å². The third-order valence-corrected chi connectivity index (χ3v) is 9.67. The van der Waals surface area contributed by atoms with Gasteiger partial charge in [0.25, 0.3) is 0 Å². The lowest BCUT2D eigenvalue weighted by atomic mass is 9.84. The molecule has 220 valence electrons. The number of nitrogens with zero attached hydrogens (tertiary/aromatic N) is 1. The Morgan fingerprint density at radius 2 is 0.894 bits per heavy atom. The molecule has 0 aliphatic rings. The van der Waals surface area contributed by atoms with Crippen LogP contribution in [0, 0.1) is 6.92 Å². The van der Waals surface area contributed by atoms with Crippen molar-refractivity contribution in [1.29, 1.82) is 0 Å². The van der Waals surface area contributed by atoms with Gasteiger partial charge in [-0.15, -0.1) is 0 Å². The third kappa shape index (κ3) is 4.51. The van der Waals surface area contributed by atoms with E-state index in [1.54, 1.807) is 0 Å². The van der Waals surface area contributed by atoms with Gasteiger partial charge in [0.1, 0.15) is 0 Å². The lowest BCUT2D eigenvalue weighted by molar-refractivity contribution is 1.33. The summed E-state index contributed by atoms with van der Waals surface area (Å²) in [6.07, 6.45) is 1.93. The molecule has 0 saturated carbocycles. The van der Waals surface area contributed by atoms with E-state index in [0.717, 1.165) is 16.8 Å². The highest BCUT2D eigenvalue weighted by atomic mass is 14.7. The molecular formula is C46H31N. The highest BCUT2D eigenvalue weighted by Crippen LogP contribution is 2.45. The van der Waals surface area contributed by atoms with E-state index in [4.69, 9.17) is 4.98 Å². The van der Waals surface area contributed by atoms with Gasteiger partial charge in [0, 0.05) is 11.8 Å². The minimum Gasteiger partial charge on any atom is -0.256 e. The molecule has 1 aromatic heterocycles. The number of hydrogen-bond acceptors (Lipinski definition) is 1. The maximum absolute atomic E-state index is 4.78. The van der Waals surface area contributed by atoms with E-state index < -0.39 is 0 Å². The number of fused-ring (bicyclic) bond motifs is 4. The molecule has 1 heterocycles. The van der Waals surface area contributed by atoms with Crippen LogP contribution in [0.1, 0.15) is 5.56 Å². The third-order valence-electron chi connectivity index (χ3n) is 9.67. The fourth-order valence-electron chi connectivity index (χ4n) is 7.45. The Labute approximate surface area is 274 Å². The van der Waals surface area contributed by atoms with Crippen molar-refractivity contribution in [3.8, 4) is 44.6 Å². The van der Waals surface area contributed by atoms with Crippen LogP contribution < -0.4 is 0 Å². The second-order valence-corrected chi connectivity index (χ2v) is 12.4. The zero-order valence-electron chi connectivity index (χ0n) is 26.1. The van der Waals surface area contributed by atoms with Gasteiger partial charge in [-0.05, 0) is 101 Å². The zero-order valence-corrected chi connectivity index (χ0v) is 26.1. The van der Waals surface area contributed by atoms with E-state index >= 15 is 0 Å². The van der Waals surface area contributed by atoms with Crippen LogP contribution >= 0.6 is 0 Å². The van der Waals surface area contributed by atoms with Gasteiger partial charge in [0.05, 0.1) is 5.69 Å². The summed E-state index contributed by atoms with van der Waals surface area (Å²) in [5.74, 6) is 0. The molecule has 9 aromatic rings. The molecule has 0 N–H and O–H groups in total. The summed E-state index contributed by atoms with van der Waals surface area (Å²) in [4.78, 5) is 4.78. The molecule has 0 radical (unpaired) electrons. The van der Waals surface area contributed by atoms with Crippen LogP contribution in [0.2, 0.25) is 0 Å². The number of aromatic nitrogens is 1. The molecule has 0 aliphatic carbocycles. The number of hydrogen-bond donors (Lipinski definition) is 0. The van der Waals surface area contributed by atoms with Crippen LogP contribution in [0.4, 0.5) is 0 Å². The Balaban J connectivity index is 1.20. The number of aryl methyl sites for hydroxylation is 1. The molecular weight excluding hydrogens is 567 g/mol. The predicted molar refractivity (Wildman–Crippen MR) is 201 cm³/mol. The molecule has 9 rings (SSSR count). The fourth-order valence-corrected chi connectivity index (χ4v) is 7.45. The Bertz CT molecular complexity index is 2570. The largest absolute Gasteiger partial charge is 0.256 e. The molecule has 0 spiro atoms. The summed E-state index contributed by atoms with van der Waals surface area (Å²) >= 11 is 0. The monoisotopic (exact) mass is 597 g/mol. The van der Waals surface area contributed by atoms with Crippen LogP contribution in [0.3, 0.4) is 0 Å². The van der Waals surface area contributed by atoms with Crippen molar-refractivity contribution in [1.82, 2.24) is 4.98 Å². The van der Waals surface area contributed by atoms with Gasteiger partial charge in [-0.2, -0.15) is 0 Å². The van der Waals surface area contributed by atoms with Crippen LogP contribution in [0.25, 0.3) is 87.7 Å². The number of benzene rings is 8. The van der Waals surface area contributed by atoms with Crippen molar-refractivity contribution >= 4 is 43.1 Å². The topological polar surface area (TPSA) is 12.9 Å². The minimum atomic E-state index is 0.986. The highest BCUT2D eigenvalue weighted by molar-refractivity contribution is 6.23. The SMILES string of the molecule is Cc1cccc2c(-c3c4ccccc4c(-c4ccc(-c5ccnc(-c6cccc7ccccc67)c5)cc4)c4ccccc34)cccc12. The molecule has 47 heavy (non-hydrogen) atoms. The second-order valence-electron chi connectivity index (χ2n) is 12.4. The van der Waals surface area contributed by atoms with Gasteiger partial charge in [0.15, 0.2) is 0 Å². The number of rotatable bonds is 4. The molecule has 1 heteroatoms. The van der Waals surface area contributed by atoms with Crippen LogP contribution in [0.5, 0.6) is 0 Å². The first-order chi connectivity index (χ1) is 23.2. The first-order valence-electron chi connectivity index (χ1n) is 16.2. The normalized spacial score (nSPS) is 11.5. The van der Waals surface area contributed by atoms with E-state index in [9.17, 15) is 0 Å². The Morgan fingerprint density at radius 3 is 1.64 bits per heavy atom. The van der Waals surface area contributed by atoms with Crippen molar-refractivity contribution < 1.29 is 0 Å². The molecule has 0 bridgehead atoms. The van der Waals surface area contributed by atoms with E-state index in [2.05, 4.69) is 171 Å². The first-order valence-corrected chi connectivity index (χ1v) is 16.2. The van der Waals surface area contributed by atoms with Crippen LogP contribution in [0.15, 0.2) is 170 Å². The average Bonchev–Trinajstić information content (AvgIpc) is 3.14. The van der Waals surface area contributed by atoms with Crippen molar-refractivity contribution in [3.05, 3.63) is 176 Å². The standard InChI is InChI=1S/C46H31N/c1-30-11-8-20-37-35(30)19-10-22-39(37)46-42-17-6-4-15-40(42)45(41-16-5-7-18-43(41)46)33-25-23-31(24-26-33)34-27-28-47-44(29-34)38-21-9-13-32-12-2-3-14-36(32)38/h2-29H,1H3. The lowest BCUT2D eigenvalue weighted by Crippen LogP contribution is -1.92. The Morgan fingerprint density at radius 1 is 0.362 bits per heavy atom. The Hall–Kier alpha value is -6.05. The first kappa shape index (κ1) is 27.3. The quantitative estimate of drug-likeness (QED) is 0.184. The van der Waals surface area contributed by atoms with E-state index in [1.165, 1.54) is 76.5 Å². The van der Waals surface area contributed by atoms with Crippen LogP contribution in [-0.4, -0.2) is 4.98 Å². The van der Waals surface area contributed by atoms with Crippen molar-refractivity contribution in [2.45, 2.75) is 6.92 Å². The average molecular weight is 598 g/mol. The molecule has 0 fully saturated rings. The zero-order chi connectivity index (χ0) is 31.3. The van der Waals surface area contributed by atoms with Crippen LogP contribution in [-0.2, 0) is 0 Å². The summed E-state index contributed by atoms with van der Waals surface area (Å²) < 4.78 is 0. The maximum atomic E-state index is 4.78. The molecule has 0 atom stereocenters. The fraction of sp³-hybridized carbons (Fsp3) is 0.0217. The molecule has 0 aliphatic heterocycles. The van der Waals surface area contributed by atoms with E-state index in [0.29, 0.717) is 0 Å². The lowest BCUT2D eigenvalue weighted by Gasteiger charge is -2.19. The van der Waals surface area contributed by atoms with Gasteiger partial charge in [-0.1, -0.05) is 152 Å². The van der Waals surface area contributed by atoms with Gasteiger partial charge in [-0.25, -0.2) is 0 Å². The molecule has 0 amide bonds. The van der Waals surface area contributed by atoms with E-state index in [1.807, 2.05) is 6.20 Å². The van der Waals surface area contributed by atoms with Crippen molar-refractivity contribution in [2.24, 2.45) is 0 Å². The molecule has 8 aromatic carbocycles. The highest BCUT2D eigenvalue weighted by Gasteiger charge is 2.18. The second kappa shape index (κ2) is 11.1. The summed E-state index contributed by atoms with van der Waals surface area (Å²) in [5.41, 5.74) is 10.8.